The van der Waals surface area contributed by atoms with Crippen molar-refractivity contribution < 1.29 is 28.9 Å². The first kappa shape index (κ1) is 21.4. The molecular formula is C25H25NO6. The summed E-state index contributed by atoms with van der Waals surface area (Å²) >= 11 is 0. The van der Waals surface area contributed by atoms with E-state index in [9.17, 15) is 5.11 Å². The lowest BCUT2D eigenvalue weighted by molar-refractivity contribution is 0.0107. The average Bonchev–Trinajstić information content (AvgIpc) is 3.30. The summed E-state index contributed by atoms with van der Waals surface area (Å²) in [4.78, 5) is 6.16. The van der Waals surface area contributed by atoms with Crippen LogP contribution in [0.2, 0.25) is 0 Å². The molecule has 3 aromatic rings. The monoisotopic (exact) mass is 435 g/mol. The number of oxime groups is 1. The van der Waals surface area contributed by atoms with Crippen LogP contribution in [0.1, 0.15) is 23.1 Å². The number of ether oxygens (including phenoxy) is 4. The third-order valence-corrected chi connectivity index (χ3v) is 5.61. The Labute approximate surface area is 186 Å². The Bertz CT molecular complexity index is 1120. The summed E-state index contributed by atoms with van der Waals surface area (Å²) in [7, 11) is 6.19. The highest BCUT2D eigenvalue weighted by Crippen LogP contribution is 2.49. The molecule has 1 aliphatic heterocycles. The number of rotatable bonds is 7. The van der Waals surface area contributed by atoms with Crippen LogP contribution in [-0.4, -0.2) is 39.3 Å². The van der Waals surface area contributed by atoms with E-state index in [0.29, 0.717) is 35.0 Å². The van der Waals surface area contributed by atoms with E-state index in [2.05, 4.69) is 5.16 Å². The van der Waals surface area contributed by atoms with E-state index in [0.717, 1.165) is 16.8 Å². The topological polar surface area (TPSA) is 78.7 Å². The number of nitrogens with zero attached hydrogens (tertiary/aromatic N) is 1. The third kappa shape index (κ3) is 3.56. The van der Waals surface area contributed by atoms with Gasteiger partial charge in [-0.3, -0.25) is 0 Å². The second-order valence-electron chi connectivity index (χ2n) is 7.30. The highest BCUT2D eigenvalue weighted by Gasteiger charge is 2.45. The molecule has 32 heavy (non-hydrogen) atoms. The summed E-state index contributed by atoms with van der Waals surface area (Å²) in [6, 6.07) is 18.7. The summed E-state index contributed by atoms with van der Waals surface area (Å²) in [5.74, 6) is 1.85. The molecule has 1 heterocycles. The highest BCUT2D eigenvalue weighted by atomic mass is 16.7. The van der Waals surface area contributed by atoms with Crippen molar-refractivity contribution in [2.45, 2.75) is 12.0 Å². The van der Waals surface area contributed by atoms with Crippen LogP contribution in [0.4, 0.5) is 0 Å². The molecular weight excluding hydrogens is 410 g/mol. The van der Waals surface area contributed by atoms with Gasteiger partial charge in [0.25, 0.3) is 0 Å². The number of benzene rings is 3. The molecule has 4 rings (SSSR count). The van der Waals surface area contributed by atoms with Gasteiger partial charge in [-0.2, -0.15) is 0 Å². The van der Waals surface area contributed by atoms with Crippen molar-refractivity contribution in [1.82, 2.24) is 0 Å². The molecule has 0 spiro atoms. The standard InChI is InChI=1S/C25H25NO6/c1-28-21-11-10-17(12-20(21)27)25(15-19(26-32-25)16-8-6-5-7-9-16)18-13-22(29-2)24(31-4)23(14-18)30-3/h5-14,27H,15H2,1-4H3. The zero-order chi connectivity index (χ0) is 22.7. The summed E-state index contributed by atoms with van der Waals surface area (Å²) in [6.45, 7) is 0. The van der Waals surface area contributed by atoms with Gasteiger partial charge < -0.3 is 28.9 Å². The van der Waals surface area contributed by atoms with E-state index in [1.54, 1.807) is 33.5 Å². The zero-order valence-corrected chi connectivity index (χ0v) is 18.4. The molecule has 7 nitrogen and oxygen atoms in total. The van der Waals surface area contributed by atoms with E-state index in [1.807, 2.05) is 48.5 Å². The molecule has 1 atom stereocenters. The molecule has 7 heteroatoms. The van der Waals surface area contributed by atoms with E-state index >= 15 is 0 Å². The van der Waals surface area contributed by atoms with Gasteiger partial charge in [0.05, 0.1) is 34.2 Å². The number of phenols is 1. The Morgan fingerprint density at radius 3 is 2.00 bits per heavy atom. The SMILES string of the molecule is COc1ccc(C2(c3cc(OC)c(OC)c(OC)c3)CC(c3ccccc3)=NO2)cc1O. The molecule has 0 saturated heterocycles. The number of aromatic hydroxyl groups is 1. The lowest BCUT2D eigenvalue weighted by Gasteiger charge is -2.29. The number of phenolic OH excluding ortho intramolecular Hbond substituents is 1. The minimum atomic E-state index is -1.03. The fraction of sp³-hybridized carbons (Fsp3) is 0.240. The minimum absolute atomic E-state index is 0.00794. The van der Waals surface area contributed by atoms with Crippen molar-refractivity contribution in [2.24, 2.45) is 5.16 Å². The number of hydrogen-bond donors (Lipinski definition) is 1. The zero-order valence-electron chi connectivity index (χ0n) is 18.4. The Morgan fingerprint density at radius 2 is 1.44 bits per heavy atom. The van der Waals surface area contributed by atoms with Crippen molar-refractivity contribution in [1.29, 1.82) is 0 Å². The minimum Gasteiger partial charge on any atom is -0.504 e. The molecule has 0 radical (unpaired) electrons. The lowest BCUT2D eigenvalue weighted by Crippen LogP contribution is -2.28. The second kappa shape index (κ2) is 8.70. The number of methoxy groups -OCH3 is 4. The first-order chi connectivity index (χ1) is 15.6. The van der Waals surface area contributed by atoms with Crippen molar-refractivity contribution in [3.8, 4) is 28.7 Å². The summed E-state index contributed by atoms with van der Waals surface area (Å²) in [5, 5.41) is 14.9. The second-order valence-corrected chi connectivity index (χ2v) is 7.30. The van der Waals surface area contributed by atoms with Crippen LogP contribution in [0.15, 0.2) is 65.8 Å². The van der Waals surface area contributed by atoms with E-state index in [1.165, 1.54) is 7.11 Å². The van der Waals surface area contributed by atoms with Gasteiger partial charge in [0.2, 0.25) is 5.75 Å². The Kier molecular flexibility index (Phi) is 5.81. The van der Waals surface area contributed by atoms with Crippen LogP contribution >= 0.6 is 0 Å². The first-order valence-corrected chi connectivity index (χ1v) is 10.0. The molecule has 3 aromatic carbocycles. The Morgan fingerprint density at radius 1 is 0.781 bits per heavy atom. The van der Waals surface area contributed by atoms with Gasteiger partial charge in [-0.25, -0.2) is 0 Å². The van der Waals surface area contributed by atoms with Gasteiger partial charge in [0.1, 0.15) is 0 Å². The lowest BCUT2D eigenvalue weighted by atomic mass is 9.81. The molecule has 0 aliphatic carbocycles. The van der Waals surface area contributed by atoms with Crippen LogP contribution in [0.25, 0.3) is 0 Å². The molecule has 0 bridgehead atoms. The summed E-state index contributed by atoms with van der Waals surface area (Å²) in [5.41, 5.74) is 2.17. The first-order valence-electron chi connectivity index (χ1n) is 10.0. The Balaban J connectivity index is 1.89. The fourth-order valence-corrected chi connectivity index (χ4v) is 3.95. The molecule has 0 saturated carbocycles. The van der Waals surface area contributed by atoms with Crippen LogP contribution in [0.3, 0.4) is 0 Å². The molecule has 1 unspecified atom stereocenters. The van der Waals surface area contributed by atoms with Crippen LogP contribution in [0, 0.1) is 0 Å². The van der Waals surface area contributed by atoms with E-state index in [4.69, 9.17) is 23.8 Å². The molecule has 166 valence electrons. The van der Waals surface area contributed by atoms with Gasteiger partial charge >= 0.3 is 0 Å². The van der Waals surface area contributed by atoms with Gasteiger partial charge in [-0.1, -0.05) is 41.6 Å². The maximum Gasteiger partial charge on any atom is 0.203 e. The quantitative estimate of drug-likeness (QED) is 0.589. The van der Waals surface area contributed by atoms with Crippen LogP contribution < -0.4 is 18.9 Å². The predicted octanol–water partition coefficient (Wildman–Crippen LogP) is 4.49. The highest BCUT2D eigenvalue weighted by molar-refractivity contribution is 6.02. The fourth-order valence-electron chi connectivity index (χ4n) is 3.95. The van der Waals surface area contributed by atoms with Crippen molar-refractivity contribution in [3.05, 3.63) is 77.4 Å². The normalized spacial score (nSPS) is 17.3. The molecule has 1 N–H and O–H groups in total. The molecule has 0 aromatic heterocycles. The van der Waals surface area contributed by atoms with Gasteiger partial charge in [0, 0.05) is 17.5 Å². The van der Waals surface area contributed by atoms with Gasteiger partial charge in [-0.05, 0) is 29.8 Å². The van der Waals surface area contributed by atoms with E-state index < -0.39 is 5.60 Å². The third-order valence-electron chi connectivity index (χ3n) is 5.61. The summed E-state index contributed by atoms with van der Waals surface area (Å²) in [6.07, 6.45) is 0.432. The van der Waals surface area contributed by atoms with Crippen molar-refractivity contribution >= 4 is 5.71 Å². The summed E-state index contributed by atoms with van der Waals surface area (Å²) < 4.78 is 21.8. The van der Waals surface area contributed by atoms with Gasteiger partial charge in [0.15, 0.2) is 28.6 Å². The molecule has 0 amide bonds. The molecule has 0 fully saturated rings. The smallest absolute Gasteiger partial charge is 0.203 e. The van der Waals surface area contributed by atoms with Crippen molar-refractivity contribution in [3.63, 3.8) is 0 Å². The maximum atomic E-state index is 10.5. The number of hydrogen-bond acceptors (Lipinski definition) is 7. The Hall–Kier alpha value is -3.87. The van der Waals surface area contributed by atoms with E-state index in [-0.39, 0.29) is 5.75 Å². The largest absolute Gasteiger partial charge is 0.504 e. The van der Waals surface area contributed by atoms with Crippen LogP contribution in [0.5, 0.6) is 28.7 Å². The van der Waals surface area contributed by atoms with Gasteiger partial charge in [-0.15, -0.1) is 0 Å². The average molecular weight is 435 g/mol. The van der Waals surface area contributed by atoms with Crippen LogP contribution in [-0.2, 0) is 10.4 Å². The maximum absolute atomic E-state index is 10.5. The van der Waals surface area contributed by atoms with Crippen molar-refractivity contribution in [2.75, 3.05) is 28.4 Å². The predicted molar refractivity (Wildman–Crippen MR) is 120 cm³/mol. The molecule has 1 aliphatic rings.